The lowest BCUT2D eigenvalue weighted by Gasteiger charge is -2.37. The molecule has 4 amide bonds. The molecule has 17 nitrogen and oxygen atoms in total. The normalized spacial score (nSPS) is 18.0. The molecule has 2 unspecified atom stereocenters. The van der Waals surface area contributed by atoms with Crippen molar-refractivity contribution in [3.05, 3.63) is 64.1 Å². The molecule has 1 fully saturated rings. The van der Waals surface area contributed by atoms with E-state index in [0.29, 0.717) is 10.6 Å². The van der Waals surface area contributed by atoms with Crippen LogP contribution in [-0.4, -0.2) is 146 Å². The minimum Gasteiger partial charge on any atom is -0.455 e. The van der Waals surface area contributed by atoms with Crippen molar-refractivity contribution in [2.24, 2.45) is 17.8 Å². The summed E-state index contributed by atoms with van der Waals surface area (Å²) in [7, 11) is 3.72. The number of thiazole rings is 1. The van der Waals surface area contributed by atoms with E-state index in [2.05, 4.69) is 15.2 Å². The molecule has 0 saturated carbocycles. The number of hydrogen-bond acceptors (Lipinski definition) is 15. The van der Waals surface area contributed by atoms with Crippen LogP contribution in [0.5, 0.6) is 0 Å². The highest BCUT2D eigenvalue weighted by atomic mass is 32.1. The van der Waals surface area contributed by atoms with Crippen molar-refractivity contribution in [3.8, 4) is 0 Å². The SMILES string of the molecule is CC[C@H](C)[C@H](CC(=O)C1CCCCN1C)C(=O)N(C)[C@H](C[C@@H](OC(C)=O)c1nc(C(=O)N[C@H](C)C(OC(=O)CCOCCOCCOCCN2C(=O)C=CC2=O)c2ccccc2)cs1)C(C)C. The van der Waals surface area contributed by atoms with Gasteiger partial charge in [0, 0.05) is 56.3 Å². The fourth-order valence-electron chi connectivity index (χ4n) is 8.28. The van der Waals surface area contributed by atoms with Crippen molar-refractivity contribution in [2.75, 3.05) is 66.8 Å². The third kappa shape index (κ3) is 17.0. The molecular formula is C49H71N5O12S. The van der Waals surface area contributed by atoms with Crippen LogP contribution in [0.2, 0.25) is 0 Å². The van der Waals surface area contributed by atoms with Crippen LogP contribution in [0.15, 0.2) is 47.9 Å². The molecule has 0 aliphatic carbocycles. The number of nitrogens with one attached hydrogen (secondary N) is 1. The average Bonchev–Trinajstić information content (AvgIpc) is 3.93. The number of aromatic nitrogens is 1. The van der Waals surface area contributed by atoms with Gasteiger partial charge >= 0.3 is 11.9 Å². The highest BCUT2D eigenvalue weighted by molar-refractivity contribution is 7.09. The number of ether oxygens (including phenoxy) is 5. The highest BCUT2D eigenvalue weighted by Crippen LogP contribution is 2.33. The predicted molar refractivity (Wildman–Crippen MR) is 251 cm³/mol. The first-order valence-corrected chi connectivity index (χ1v) is 24.3. The molecule has 1 N–H and O–H groups in total. The zero-order valence-corrected chi connectivity index (χ0v) is 41.3. The highest BCUT2D eigenvalue weighted by Gasteiger charge is 2.38. The van der Waals surface area contributed by atoms with E-state index in [0.717, 1.165) is 37.1 Å². The number of rotatable bonds is 29. The van der Waals surface area contributed by atoms with Crippen molar-refractivity contribution in [1.82, 2.24) is 25.0 Å². The van der Waals surface area contributed by atoms with Crippen LogP contribution >= 0.6 is 11.3 Å². The molecule has 7 atom stereocenters. The van der Waals surface area contributed by atoms with Crippen molar-refractivity contribution in [1.29, 1.82) is 0 Å². The molecule has 0 bridgehead atoms. The first-order chi connectivity index (χ1) is 32.0. The quantitative estimate of drug-likeness (QED) is 0.0610. The topological polar surface area (TPSA) is 200 Å². The molecule has 4 rings (SSSR count). The van der Waals surface area contributed by atoms with Gasteiger partial charge in [-0.25, -0.2) is 4.98 Å². The number of likely N-dealkylation sites (N-methyl/N-ethyl adjacent to an activating group) is 1. The Morgan fingerprint density at radius 3 is 2.15 bits per heavy atom. The molecule has 67 heavy (non-hydrogen) atoms. The molecule has 2 aromatic rings. The minimum absolute atomic E-state index is 0.0260. The van der Waals surface area contributed by atoms with E-state index in [1.165, 1.54) is 30.4 Å². The number of benzene rings is 1. The van der Waals surface area contributed by atoms with Gasteiger partial charge in [0.15, 0.2) is 11.9 Å². The lowest BCUT2D eigenvalue weighted by molar-refractivity contribution is -0.152. The Morgan fingerprint density at radius 1 is 0.896 bits per heavy atom. The summed E-state index contributed by atoms with van der Waals surface area (Å²) in [4.78, 5) is 99.9. The molecule has 0 spiro atoms. The van der Waals surface area contributed by atoms with Crippen molar-refractivity contribution in [3.63, 3.8) is 0 Å². The summed E-state index contributed by atoms with van der Waals surface area (Å²) in [6.07, 6.45) is 4.67. The van der Waals surface area contributed by atoms with Crippen LogP contribution < -0.4 is 5.32 Å². The number of piperidine rings is 1. The molecule has 2 aliphatic rings. The number of hydrogen-bond donors (Lipinski definition) is 1. The summed E-state index contributed by atoms with van der Waals surface area (Å²) in [6, 6.07) is 7.79. The number of amides is 4. The van der Waals surface area contributed by atoms with Gasteiger partial charge in [-0.1, -0.05) is 70.9 Å². The summed E-state index contributed by atoms with van der Waals surface area (Å²) in [5.41, 5.74) is 0.759. The van der Waals surface area contributed by atoms with E-state index >= 15 is 0 Å². The Bertz CT molecular complexity index is 1960. The second kappa shape index (κ2) is 27.8. The molecule has 1 aromatic heterocycles. The lowest BCUT2D eigenvalue weighted by Crippen LogP contribution is -2.48. The summed E-state index contributed by atoms with van der Waals surface area (Å²) < 4.78 is 28.2. The van der Waals surface area contributed by atoms with Crippen molar-refractivity contribution >= 4 is 52.7 Å². The minimum atomic E-state index is -0.861. The van der Waals surface area contributed by atoms with E-state index < -0.39 is 42.0 Å². The number of nitrogens with zero attached hydrogens (tertiary/aromatic N) is 4. The maximum absolute atomic E-state index is 14.4. The van der Waals surface area contributed by atoms with Gasteiger partial charge in [-0.05, 0) is 50.8 Å². The Kier molecular flexibility index (Phi) is 22.7. The third-order valence-electron chi connectivity index (χ3n) is 12.4. The van der Waals surface area contributed by atoms with Crippen LogP contribution in [0.25, 0.3) is 0 Å². The average molecular weight is 954 g/mol. The van der Waals surface area contributed by atoms with Crippen LogP contribution in [0.4, 0.5) is 0 Å². The molecule has 3 heterocycles. The largest absolute Gasteiger partial charge is 0.455 e. The van der Waals surface area contributed by atoms with Crippen LogP contribution in [0.1, 0.15) is 120 Å². The fourth-order valence-corrected chi connectivity index (χ4v) is 9.11. The van der Waals surface area contributed by atoms with Crippen LogP contribution in [0, 0.1) is 17.8 Å². The van der Waals surface area contributed by atoms with Gasteiger partial charge < -0.3 is 33.9 Å². The summed E-state index contributed by atoms with van der Waals surface area (Å²) in [5, 5.41) is 4.90. The van der Waals surface area contributed by atoms with E-state index in [-0.39, 0.29) is 119 Å². The standard InChI is InChI=1S/C49H71N5O12S/c1-9-33(4)37(29-41(56)39-17-13-14-21-52(39)7)49(61)53(8)40(32(2)3)30-42(65-35(6)55)48-51-38(31-67-48)47(60)50-34(5)46(36-15-11-10-12-16-36)66-45(59)20-23-62-25-27-64-28-26-63-24-22-54-43(57)18-19-44(54)58/h10-12,15-16,18-19,31-34,37,39-40,42,46H,9,13-14,17,20-30H2,1-8H3,(H,50,60)/t33-,34+,37-,39?,40+,42+,46?/m0/s1. The molecule has 18 heteroatoms. The van der Waals surface area contributed by atoms with E-state index in [1.54, 1.807) is 36.4 Å². The number of esters is 2. The van der Waals surface area contributed by atoms with Gasteiger partial charge in [0.25, 0.3) is 17.7 Å². The van der Waals surface area contributed by atoms with Gasteiger partial charge in [-0.2, -0.15) is 0 Å². The Labute approximate surface area is 399 Å². The molecule has 1 aromatic carbocycles. The van der Waals surface area contributed by atoms with E-state index in [9.17, 15) is 33.6 Å². The fraction of sp³-hybridized carbons (Fsp3) is 0.633. The number of imide groups is 1. The first kappa shape index (κ1) is 54.7. The maximum Gasteiger partial charge on any atom is 0.308 e. The van der Waals surface area contributed by atoms with Gasteiger partial charge in [-0.3, -0.25) is 43.4 Å². The van der Waals surface area contributed by atoms with E-state index in [4.69, 9.17) is 23.7 Å². The Morgan fingerprint density at radius 2 is 1.54 bits per heavy atom. The zero-order valence-electron chi connectivity index (χ0n) is 40.4. The first-order valence-electron chi connectivity index (χ1n) is 23.5. The van der Waals surface area contributed by atoms with Crippen molar-refractivity contribution < 1.29 is 57.2 Å². The molecule has 1 saturated heterocycles. The zero-order chi connectivity index (χ0) is 49.0. The third-order valence-corrected chi connectivity index (χ3v) is 13.3. The second-order valence-corrected chi connectivity index (χ2v) is 18.5. The van der Waals surface area contributed by atoms with Gasteiger partial charge in [-0.15, -0.1) is 11.3 Å². The van der Waals surface area contributed by atoms with Crippen LogP contribution in [0.3, 0.4) is 0 Å². The Hall–Kier alpha value is -4.88. The van der Waals surface area contributed by atoms with Gasteiger partial charge in [0.05, 0.1) is 64.7 Å². The number of Topliss-reactive ketones (excluding diaryl/α,β-unsaturated/α-hetero) is 1. The number of likely N-dealkylation sites (tertiary alicyclic amines) is 1. The predicted octanol–water partition coefficient (Wildman–Crippen LogP) is 5.49. The number of carbonyl (C=O) groups excluding carboxylic acids is 7. The summed E-state index contributed by atoms with van der Waals surface area (Å²) in [6.45, 7) is 13.4. The van der Waals surface area contributed by atoms with Gasteiger partial charge in [0.2, 0.25) is 5.91 Å². The summed E-state index contributed by atoms with van der Waals surface area (Å²) >= 11 is 1.17. The summed E-state index contributed by atoms with van der Waals surface area (Å²) in [5.74, 6) is -2.90. The Balaban J connectivity index is 1.31. The smallest absolute Gasteiger partial charge is 0.308 e. The van der Waals surface area contributed by atoms with Crippen molar-refractivity contribution in [2.45, 2.75) is 117 Å². The van der Waals surface area contributed by atoms with Crippen LogP contribution in [-0.2, 0) is 52.5 Å². The number of ketones is 1. The molecule has 370 valence electrons. The monoisotopic (exact) mass is 953 g/mol. The maximum atomic E-state index is 14.4. The molecule has 0 radical (unpaired) electrons. The van der Waals surface area contributed by atoms with Gasteiger partial charge in [0.1, 0.15) is 16.8 Å². The molecular weight excluding hydrogens is 883 g/mol. The lowest BCUT2D eigenvalue weighted by atomic mass is 9.83. The van der Waals surface area contributed by atoms with E-state index in [1.807, 2.05) is 52.9 Å². The second-order valence-electron chi connectivity index (χ2n) is 17.7. The number of carbonyl (C=O) groups is 7. The molecule has 2 aliphatic heterocycles.